The fourth-order valence-electron chi connectivity index (χ4n) is 5.53. The molecule has 3 aromatic carbocycles. The Bertz CT molecular complexity index is 2070. The number of hydrogen-bond acceptors (Lipinski definition) is 10. The van der Waals surface area contributed by atoms with Crippen molar-refractivity contribution in [1.29, 1.82) is 0 Å². The number of aromatic nitrogens is 4. The maximum atomic E-state index is 15.5. The smallest absolute Gasteiger partial charge is 0.410 e. The van der Waals surface area contributed by atoms with Crippen LogP contribution >= 0.6 is 0 Å². The molecule has 0 saturated carbocycles. The van der Waals surface area contributed by atoms with Crippen molar-refractivity contribution in [3.63, 3.8) is 0 Å². The van der Waals surface area contributed by atoms with E-state index in [1.54, 1.807) is 23.1 Å². The highest BCUT2D eigenvalue weighted by molar-refractivity contribution is 5.93. The zero-order chi connectivity index (χ0) is 37.8. The van der Waals surface area contributed by atoms with E-state index in [0.717, 1.165) is 10.2 Å². The molecule has 2 aromatic heterocycles. The molecule has 0 unspecified atom stereocenters. The van der Waals surface area contributed by atoms with Gasteiger partial charge in [0.25, 0.3) is 0 Å². The van der Waals surface area contributed by atoms with Gasteiger partial charge in [-0.1, -0.05) is 30.3 Å². The van der Waals surface area contributed by atoms with Crippen LogP contribution < -0.4 is 24.8 Å². The van der Waals surface area contributed by atoms with Crippen LogP contribution in [0.3, 0.4) is 0 Å². The van der Waals surface area contributed by atoms with Gasteiger partial charge in [-0.05, 0) is 65.3 Å². The third-order valence-corrected chi connectivity index (χ3v) is 8.00. The molecule has 2 amide bonds. The van der Waals surface area contributed by atoms with Crippen LogP contribution in [-0.4, -0.2) is 67.1 Å². The van der Waals surface area contributed by atoms with Gasteiger partial charge in [0, 0.05) is 61.3 Å². The van der Waals surface area contributed by atoms with Gasteiger partial charge in [0.05, 0.1) is 11.2 Å². The molecule has 14 heteroatoms. The number of fused-ring (bicyclic) bond motifs is 1. The summed E-state index contributed by atoms with van der Waals surface area (Å²) in [7, 11) is 0. The summed E-state index contributed by atoms with van der Waals surface area (Å²) in [6.07, 6.45) is 3.50. The van der Waals surface area contributed by atoms with Gasteiger partial charge >= 0.3 is 12.1 Å². The quantitative estimate of drug-likeness (QED) is 0.153. The Labute approximate surface area is 307 Å². The Kier molecular flexibility index (Phi) is 10.7. The van der Waals surface area contributed by atoms with E-state index in [0.29, 0.717) is 60.8 Å². The van der Waals surface area contributed by atoms with Gasteiger partial charge in [-0.25, -0.2) is 23.9 Å². The van der Waals surface area contributed by atoms with Crippen LogP contribution in [0.25, 0.3) is 10.9 Å². The van der Waals surface area contributed by atoms with Crippen molar-refractivity contribution in [2.45, 2.75) is 78.2 Å². The molecule has 5 aromatic rings. The maximum absolute atomic E-state index is 15.5. The summed E-state index contributed by atoms with van der Waals surface area (Å²) in [6, 6.07) is 18.8. The molecule has 0 bridgehead atoms. The highest BCUT2D eigenvalue weighted by atomic mass is 19.1. The molecule has 1 aliphatic heterocycles. The van der Waals surface area contributed by atoms with Gasteiger partial charge in [-0.15, -0.1) is 5.10 Å². The standard InChI is InChI=1S/C39H44FN7O6/c1-38(2,3)44-36(48)47-19-16-34(45-47)52-27-12-13-30(29(40)20-27)43-35-28-21-33(51-26-14-17-46(18-15-26)37(49)53-39(4,5)6)32(22-31(28)41-24-42-35)50-23-25-10-8-7-9-11-25/h7-13,16,19-22,24,26H,14-15,17-18,23H2,1-6H3,(H,44,48)(H,41,42,43). The van der Waals surface area contributed by atoms with Crippen molar-refractivity contribution in [3.05, 3.63) is 90.6 Å². The second-order valence-corrected chi connectivity index (χ2v) is 14.7. The Morgan fingerprint density at radius 2 is 1.68 bits per heavy atom. The lowest BCUT2D eigenvalue weighted by Gasteiger charge is -2.33. The molecule has 2 N–H and O–H groups in total. The molecular weight excluding hydrogens is 681 g/mol. The number of anilines is 2. The Morgan fingerprint density at radius 3 is 2.38 bits per heavy atom. The first-order chi connectivity index (χ1) is 25.2. The van der Waals surface area contributed by atoms with Crippen LogP contribution in [-0.2, 0) is 11.3 Å². The van der Waals surface area contributed by atoms with Gasteiger partial charge in [-0.3, -0.25) is 0 Å². The minimum absolute atomic E-state index is 0.129. The molecule has 0 aliphatic carbocycles. The zero-order valence-corrected chi connectivity index (χ0v) is 30.7. The van der Waals surface area contributed by atoms with Gasteiger partial charge < -0.3 is 34.5 Å². The van der Waals surface area contributed by atoms with E-state index in [4.69, 9.17) is 18.9 Å². The van der Waals surface area contributed by atoms with Crippen LogP contribution in [0.15, 0.2) is 79.3 Å². The van der Waals surface area contributed by atoms with Crippen molar-refractivity contribution in [2.75, 3.05) is 18.4 Å². The second-order valence-electron chi connectivity index (χ2n) is 14.7. The number of ether oxygens (including phenoxy) is 4. The molecule has 278 valence electrons. The summed E-state index contributed by atoms with van der Waals surface area (Å²) < 4.78 is 40.7. The van der Waals surface area contributed by atoms with Crippen LogP contribution in [0.2, 0.25) is 0 Å². The fourth-order valence-corrected chi connectivity index (χ4v) is 5.53. The highest BCUT2D eigenvalue weighted by Crippen LogP contribution is 2.37. The lowest BCUT2D eigenvalue weighted by Crippen LogP contribution is -2.44. The number of halogens is 1. The summed E-state index contributed by atoms with van der Waals surface area (Å²) in [5.41, 5.74) is 0.666. The van der Waals surface area contributed by atoms with Crippen molar-refractivity contribution in [3.8, 4) is 23.1 Å². The largest absolute Gasteiger partial charge is 0.486 e. The van der Waals surface area contributed by atoms with E-state index in [2.05, 4.69) is 25.7 Å². The van der Waals surface area contributed by atoms with E-state index < -0.39 is 23.0 Å². The van der Waals surface area contributed by atoms with Crippen LogP contribution in [0.4, 0.5) is 25.5 Å². The molecular formula is C39H44FN7O6. The first-order valence-electron chi connectivity index (χ1n) is 17.4. The number of hydrogen-bond donors (Lipinski definition) is 2. The Morgan fingerprint density at radius 1 is 0.925 bits per heavy atom. The van der Waals surface area contributed by atoms with Gasteiger partial charge in [-0.2, -0.15) is 4.68 Å². The number of carbonyl (C=O) groups is 2. The molecule has 6 rings (SSSR count). The average Bonchev–Trinajstić information content (AvgIpc) is 3.57. The van der Waals surface area contributed by atoms with Gasteiger partial charge in [0.2, 0.25) is 5.88 Å². The first kappa shape index (κ1) is 36.9. The molecule has 0 atom stereocenters. The van der Waals surface area contributed by atoms with Crippen molar-refractivity contribution in [1.82, 2.24) is 30.0 Å². The average molecular weight is 726 g/mol. The predicted octanol–water partition coefficient (Wildman–Crippen LogP) is 8.21. The number of nitrogens with one attached hydrogen (secondary N) is 2. The molecule has 0 radical (unpaired) electrons. The molecule has 1 fully saturated rings. The maximum Gasteiger partial charge on any atom is 0.410 e. The normalized spacial score (nSPS) is 13.8. The van der Waals surface area contributed by atoms with E-state index in [9.17, 15) is 9.59 Å². The number of piperidine rings is 1. The molecule has 1 aliphatic rings. The minimum Gasteiger partial charge on any atom is -0.486 e. The van der Waals surface area contributed by atoms with E-state index in [-0.39, 0.29) is 29.5 Å². The third kappa shape index (κ3) is 9.90. The summed E-state index contributed by atoms with van der Waals surface area (Å²) in [5.74, 6) is 1.04. The summed E-state index contributed by atoms with van der Waals surface area (Å²) in [5, 5.41) is 10.6. The monoisotopic (exact) mass is 725 g/mol. The highest BCUT2D eigenvalue weighted by Gasteiger charge is 2.28. The minimum atomic E-state index is -0.602. The molecule has 3 heterocycles. The molecule has 1 saturated heterocycles. The van der Waals surface area contributed by atoms with Crippen molar-refractivity contribution < 1.29 is 32.9 Å². The van der Waals surface area contributed by atoms with Crippen LogP contribution in [0.5, 0.6) is 23.1 Å². The molecule has 53 heavy (non-hydrogen) atoms. The van der Waals surface area contributed by atoms with Crippen LogP contribution in [0.1, 0.15) is 59.9 Å². The van der Waals surface area contributed by atoms with E-state index >= 15 is 4.39 Å². The van der Waals surface area contributed by atoms with Gasteiger partial charge in [0.1, 0.15) is 42.0 Å². The summed E-state index contributed by atoms with van der Waals surface area (Å²) in [6.45, 7) is 12.4. The topological polar surface area (TPSA) is 142 Å². The number of likely N-dealkylation sites (tertiary alicyclic amines) is 1. The van der Waals surface area contributed by atoms with Crippen molar-refractivity contribution >= 4 is 34.5 Å². The summed E-state index contributed by atoms with van der Waals surface area (Å²) >= 11 is 0. The van der Waals surface area contributed by atoms with Gasteiger partial charge in [0.15, 0.2) is 11.5 Å². The number of nitrogens with zero attached hydrogens (tertiary/aromatic N) is 5. The summed E-state index contributed by atoms with van der Waals surface area (Å²) in [4.78, 5) is 35.6. The Balaban J connectivity index is 1.20. The van der Waals surface area contributed by atoms with Crippen molar-refractivity contribution in [2.24, 2.45) is 0 Å². The number of amides is 2. The number of rotatable bonds is 9. The van der Waals surface area contributed by atoms with E-state index in [1.807, 2.05) is 71.9 Å². The number of benzene rings is 3. The predicted molar refractivity (Wildman–Crippen MR) is 197 cm³/mol. The zero-order valence-electron chi connectivity index (χ0n) is 30.7. The lowest BCUT2D eigenvalue weighted by atomic mass is 10.1. The first-order valence-corrected chi connectivity index (χ1v) is 17.4. The molecule has 13 nitrogen and oxygen atoms in total. The Hall–Kier alpha value is -5.92. The second kappa shape index (κ2) is 15.4. The third-order valence-electron chi connectivity index (χ3n) is 8.00. The fraction of sp³-hybridized carbons (Fsp3) is 0.359. The number of carbonyl (C=O) groups excluding carboxylic acids is 2. The van der Waals surface area contributed by atoms with E-state index in [1.165, 1.54) is 30.7 Å². The SMILES string of the molecule is CC(C)(C)NC(=O)n1ccc(Oc2ccc(Nc3ncnc4cc(OCc5ccccc5)c(OC5CCN(C(=O)OC(C)(C)C)CC5)cc34)c(F)c2)n1. The molecule has 0 spiro atoms. The lowest BCUT2D eigenvalue weighted by molar-refractivity contribution is 0.0124. The van der Waals surface area contributed by atoms with Crippen LogP contribution in [0, 0.1) is 5.82 Å².